The smallest absolute Gasteiger partial charge is 0.141 e. The Morgan fingerprint density at radius 2 is 1.95 bits per heavy atom. The van der Waals surface area contributed by atoms with Crippen LogP contribution in [0.25, 0.3) is 33.2 Å². The van der Waals surface area contributed by atoms with Gasteiger partial charge in [-0.15, -0.1) is 0 Å². The predicted octanol–water partition coefficient (Wildman–Crippen LogP) is 3.25. The zero-order valence-corrected chi connectivity index (χ0v) is 9.81. The van der Waals surface area contributed by atoms with Crippen molar-refractivity contribution in [1.82, 2.24) is 19.9 Å². The number of nitrogens with one attached hydrogen (secondary N) is 2. The van der Waals surface area contributed by atoms with Crippen molar-refractivity contribution in [2.45, 2.75) is 0 Å². The summed E-state index contributed by atoms with van der Waals surface area (Å²) in [5.41, 5.74) is 3.34. The molecular formula is C14H9FN4. The Bertz CT molecular complexity index is 891. The van der Waals surface area contributed by atoms with Crippen molar-refractivity contribution in [2.75, 3.05) is 0 Å². The van der Waals surface area contributed by atoms with Crippen LogP contribution in [0.1, 0.15) is 0 Å². The van der Waals surface area contributed by atoms with E-state index < -0.39 is 0 Å². The highest BCUT2D eigenvalue weighted by Gasteiger charge is 2.12. The van der Waals surface area contributed by atoms with Crippen LogP contribution in [0.5, 0.6) is 0 Å². The number of rotatable bonds is 1. The number of fused-ring (bicyclic) bond motifs is 2. The monoisotopic (exact) mass is 252 g/mol. The predicted molar refractivity (Wildman–Crippen MR) is 71.1 cm³/mol. The molecule has 4 nitrogen and oxygen atoms in total. The summed E-state index contributed by atoms with van der Waals surface area (Å²) in [6.07, 6.45) is 5.20. The summed E-state index contributed by atoms with van der Waals surface area (Å²) in [5, 5.41) is 1.90. The third-order valence-electron chi connectivity index (χ3n) is 3.25. The van der Waals surface area contributed by atoms with Crippen molar-refractivity contribution in [3.05, 3.63) is 48.8 Å². The largest absolute Gasteiger partial charge is 0.360 e. The SMILES string of the molecule is Fc1ccc2c(-c3ncnc4[nH]ccc34)c[nH]c2c1. The number of aromatic nitrogens is 4. The van der Waals surface area contributed by atoms with E-state index in [2.05, 4.69) is 19.9 Å². The van der Waals surface area contributed by atoms with E-state index in [4.69, 9.17) is 0 Å². The highest BCUT2D eigenvalue weighted by Crippen LogP contribution is 2.31. The van der Waals surface area contributed by atoms with Gasteiger partial charge in [0.15, 0.2) is 0 Å². The van der Waals surface area contributed by atoms with Gasteiger partial charge < -0.3 is 9.97 Å². The molecule has 0 radical (unpaired) electrons. The molecule has 2 N–H and O–H groups in total. The van der Waals surface area contributed by atoms with E-state index in [9.17, 15) is 4.39 Å². The molecule has 4 aromatic rings. The highest BCUT2D eigenvalue weighted by atomic mass is 19.1. The molecule has 3 aromatic heterocycles. The number of nitrogens with zero attached hydrogens (tertiary/aromatic N) is 2. The van der Waals surface area contributed by atoms with Gasteiger partial charge >= 0.3 is 0 Å². The minimum atomic E-state index is -0.254. The third-order valence-corrected chi connectivity index (χ3v) is 3.25. The van der Waals surface area contributed by atoms with Gasteiger partial charge in [0.2, 0.25) is 0 Å². The zero-order chi connectivity index (χ0) is 12.8. The molecule has 0 unspecified atom stereocenters. The average molecular weight is 252 g/mol. The molecule has 0 bridgehead atoms. The van der Waals surface area contributed by atoms with Crippen molar-refractivity contribution in [2.24, 2.45) is 0 Å². The standard InChI is InChI=1S/C14H9FN4/c15-8-1-2-9-11(6-17-12(9)5-8)13-10-3-4-16-14(10)19-7-18-13/h1-7,17H,(H,16,18,19). The molecule has 0 saturated carbocycles. The van der Waals surface area contributed by atoms with E-state index in [-0.39, 0.29) is 5.82 Å². The second-order valence-electron chi connectivity index (χ2n) is 4.35. The minimum Gasteiger partial charge on any atom is -0.360 e. The van der Waals surface area contributed by atoms with Crippen LogP contribution in [-0.2, 0) is 0 Å². The first-order valence-corrected chi connectivity index (χ1v) is 5.88. The fraction of sp³-hybridized carbons (Fsp3) is 0. The lowest BCUT2D eigenvalue weighted by Gasteiger charge is -2.00. The fourth-order valence-electron chi connectivity index (χ4n) is 2.38. The Morgan fingerprint density at radius 1 is 1.00 bits per heavy atom. The number of hydrogen-bond donors (Lipinski definition) is 2. The van der Waals surface area contributed by atoms with E-state index >= 15 is 0 Å². The van der Waals surface area contributed by atoms with Gasteiger partial charge in [0.05, 0.1) is 5.69 Å². The lowest BCUT2D eigenvalue weighted by Crippen LogP contribution is -1.86. The first-order valence-electron chi connectivity index (χ1n) is 5.88. The molecule has 1 aromatic carbocycles. The fourth-order valence-corrected chi connectivity index (χ4v) is 2.38. The Kier molecular flexibility index (Phi) is 1.97. The molecule has 0 spiro atoms. The van der Waals surface area contributed by atoms with Gasteiger partial charge in [-0.3, -0.25) is 0 Å². The molecule has 0 fully saturated rings. The van der Waals surface area contributed by atoms with Crippen LogP contribution in [0.2, 0.25) is 0 Å². The zero-order valence-electron chi connectivity index (χ0n) is 9.81. The molecule has 92 valence electrons. The molecule has 0 aliphatic carbocycles. The van der Waals surface area contributed by atoms with Crippen LogP contribution in [0.4, 0.5) is 4.39 Å². The van der Waals surface area contributed by atoms with Gasteiger partial charge in [0.25, 0.3) is 0 Å². The summed E-state index contributed by atoms with van der Waals surface area (Å²) in [6.45, 7) is 0. The molecule has 3 heterocycles. The Hall–Kier alpha value is -2.69. The molecule has 4 rings (SSSR count). The number of halogens is 1. The average Bonchev–Trinajstić information content (AvgIpc) is 3.03. The molecule has 0 atom stereocenters. The number of H-pyrrole nitrogens is 2. The first kappa shape index (κ1) is 10.3. The minimum absolute atomic E-state index is 0.254. The maximum atomic E-state index is 13.2. The number of hydrogen-bond acceptors (Lipinski definition) is 2. The Balaban J connectivity index is 2.07. The molecule has 0 aliphatic heterocycles. The van der Waals surface area contributed by atoms with Crippen LogP contribution in [0.3, 0.4) is 0 Å². The molecule has 5 heteroatoms. The first-order chi connectivity index (χ1) is 9.33. The molecule has 0 saturated heterocycles. The summed E-state index contributed by atoms with van der Waals surface area (Å²) in [5.74, 6) is -0.254. The Labute approximate surface area is 107 Å². The van der Waals surface area contributed by atoms with Crippen molar-refractivity contribution < 1.29 is 4.39 Å². The number of aromatic amines is 2. The second kappa shape index (κ2) is 3.65. The van der Waals surface area contributed by atoms with Crippen LogP contribution in [0, 0.1) is 5.82 Å². The van der Waals surface area contributed by atoms with Gasteiger partial charge in [-0.05, 0) is 24.3 Å². The summed E-state index contributed by atoms with van der Waals surface area (Å²) < 4.78 is 13.2. The van der Waals surface area contributed by atoms with Crippen LogP contribution in [0.15, 0.2) is 43.0 Å². The Morgan fingerprint density at radius 3 is 2.89 bits per heavy atom. The topological polar surface area (TPSA) is 57.4 Å². The lowest BCUT2D eigenvalue weighted by molar-refractivity contribution is 0.629. The van der Waals surface area contributed by atoms with Crippen LogP contribution < -0.4 is 0 Å². The normalized spacial score (nSPS) is 11.4. The van der Waals surface area contributed by atoms with Gasteiger partial charge in [0, 0.05) is 34.2 Å². The summed E-state index contributed by atoms with van der Waals surface area (Å²) in [6, 6.07) is 6.63. The second-order valence-corrected chi connectivity index (χ2v) is 4.35. The van der Waals surface area contributed by atoms with Gasteiger partial charge in [-0.1, -0.05) is 0 Å². The summed E-state index contributed by atoms with van der Waals surface area (Å²) in [7, 11) is 0. The summed E-state index contributed by atoms with van der Waals surface area (Å²) in [4.78, 5) is 14.6. The molecule has 0 aliphatic rings. The van der Waals surface area contributed by atoms with Crippen LogP contribution >= 0.6 is 0 Å². The van der Waals surface area contributed by atoms with Gasteiger partial charge in [-0.2, -0.15) is 0 Å². The highest BCUT2D eigenvalue weighted by molar-refractivity contribution is 6.01. The third kappa shape index (κ3) is 1.45. The molecule has 19 heavy (non-hydrogen) atoms. The van der Waals surface area contributed by atoms with E-state index in [1.54, 1.807) is 6.07 Å². The van der Waals surface area contributed by atoms with Gasteiger partial charge in [0.1, 0.15) is 17.8 Å². The van der Waals surface area contributed by atoms with Crippen molar-refractivity contribution in [3.63, 3.8) is 0 Å². The quantitative estimate of drug-likeness (QED) is 0.546. The lowest BCUT2D eigenvalue weighted by atomic mass is 10.1. The van der Waals surface area contributed by atoms with E-state index in [1.165, 1.54) is 18.5 Å². The van der Waals surface area contributed by atoms with Crippen LogP contribution in [-0.4, -0.2) is 19.9 Å². The van der Waals surface area contributed by atoms with Crippen molar-refractivity contribution in [3.8, 4) is 11.3 Å². The number of benzene rings is 1. The molecular weight excluding hydrogens is 243 g/mol. The molecule has 0 amide bonds. The summed E-state index contributed by atoms with van der Waals surface area (Å²) >= 11 is 0. The maximum absolute atomic E-state index is 13.2. The van der Waals surface area contributed by atoms with E-state index in [0.29, 0.717) is 0 Å². The van der Waals surface area contributed by atoms with Gasteiger partial charge in [-0.25, -0.2) is 14.4 Å². The van der Waals surface area contributed by atoms with E-state index in [0.717, 1.165) is 33.2 Å². The maximum Gasteiger partial charge on any atom is 0.141 e. The van der Waals surface area contributed by atoms with Crippen molar-refractivity contribution >= 4 is 21.9 Å². The van der Waals surface area contributed by atoms with E-state index in [1.807, 2.05) is 18.5 Å². The van der Waals surface area contributed by atoms with Crippen molar-refractivity contribution in [1.29, 1.82) is 0 Å².